The van der Waals surface area contributed by atoms with E-state index < -0.39 is 5.97 Å². The molecular formula is C35H39N5O4S. The largest absolute Gasteiger partial charge is 0.488 e. The number of carboxylic acids is 1. The maximum Gasteiger partial charge on any atom is 0.307 e. The number of anilines is 1. The summed E-state index contributed by atoms with van der Waals surface area (Å²) in [5, 5.41) is 22.7. The summed E-state index contributed by atoms with van der Waals surface area (Å²) in [6.07, 6.45) is 4.02. The summed E-state index contributed by atoms with van der Waals surface area (Å²) in [6, 6.07) is 14.5. The SMILES string of the molecule is Cc1ccc(OCc2ccc(CN3CCN(C(=O)C4CC4)CC3)cc2C#N)c(-c2csc(N3C[C@H]4CC[C@@H](C3)C4C(=O)O)n2)c1. The molecule has 3 heterocycles. The van der Waals surface area contributed by atoms with Crippen LogP contribution in [0.2, 0.25) is 0 Å². The number of carbonyl (C=O) groups is 2. The lowest BCUT2D eigenvalue weighted by Gasteiger charge is -2.35. The van der Waals surface area contributed by atoms with E-state index in [-0.39, 0.29) is 30.3 Å². The van der Waals surface area contributed by atoms with Gasteiger partial charge in [-0.3, -0.25) is 14.5 Å². The molecule has 2 aromatic carbocycles. The second-order valence-electron chi connectivity index (χ2n) is 13.1. The van der Waals surface area contributed by atoms with Gasteiger partial charge in [-0.15, -0.1) is 11.3 Å². The highest BCUT2D eigenvalue weighted by atomic mass is 32.1. The van der Waals surface area contributed by atoms with Crippen LogP contribution < -0.4 is 9.64 Å². The van der Waals surface area contributed by atoms with E-state index in [9.17, 15) is 20.0 Å². The molecule has 3 aromatic rings. The van der Waals surface area contributed by atoms with E-state index >= 15 is 0 Å². The fourth-order valence-electron chi connectivity index (χ4n) is 7.37. The molecule has 9 nitrogen and oxygen atoms in total. The van der Waals surface area contributed by atoms with E-state index in [1.165, 1.54) is 0 Å². The van der Waals surface area contributed by atoms with Crippen LogP contribution in [-0.4, -0.2) is 71.0 Å². The number of thiazole rings is 1. The van der Waals surface area contributed by atoms with E-state index in [1.807, 2.05) is 36.1 Å². The summed E-state index contributed by atoms with van der Waals surface area (Å²) in [5.74, 6) is 0.776. The van der Waals surface area contributed by atoms with E-state index in [2.05, 4.69) is 33.4 Å². The van der Waals surface area contributed by atoms with Crippen molar-refractivity contribution in [3.8, 4) is 23.1 Å². The monoisotopic (exact) mass is 625 g/mol. The molecule has 0 radical (unpaired) electrons. The number of aliphatic carboxylic acids is 1. The molecule has 1 aromatic heterocycles. The first-order valence-corrected chi connectivity index (χ1v) is 16.9. The van der Waals surface area contributed by atoms with Crippen molar-refractivity contribution in [2.75, 3.05) is 44.2 Å². The molecule has 1 amide bonds. The number of carboxylic acid groups (broad SMARTS) is 1. The summed E-state index contributed by atoms with van der Waals surface area (Å²) >= 11 is 1.59. The summed E-state index contributed by atoms with van der Waals surface area (Å²) in [5.41, 5.74) is 5.39. The minimum Gasteiger partial charge on any atom is -0.488 e. The van der Waals surface area contributed by atoms with E-state index in [0.717, 1.165) is 105 Å². The van der Waals surface area contributed by atoms with Crippen molar-refractivity contribution in [1.82, 2.24) is 14.8 Å². The Morgan fingerprint density at radius 1 is 1.04 bits per heavy atom. The maximum absolute atomic E-state index is 12.4. The molecule has 7 rings (SSSR count). The van der Waals surface area contributed by atoms with Gasteiger partial charge in [0, 0.05) is 68.2 Å². The molecule has 4 fully saturated rings. The Kier molecular flexibility index (Phi) is 8.23. The van der Waals surface area contributed by atoms with Crippen molar-refractivity contribution in [2.45, 2.75) is 45.8 Å². The molecule has 1 N–H and O–H groups in total. The van der Waals surface area contributed by atoms with Crippen LogP contribution in [0.5, 0.6) is 5.75 Å². The molecular weight excluding hydrogens is 586 g/mol. The second kappa shape index (κ2) is 12.5. The van der Waals surface area contributed by atoms with Gasteiger partial charge < -0.3 is 19.6 Å². The number of aromatic nitrogens is 1. The van der Waals surface area contributed by atoms with Crippen molar-refractivity contribution < 1.29 is 19.4 Å². The van der Waals surface area contributed by atoms with Crippen LogP contribution in [-0.2, 0) is 22.7 Å². The highest BCUT2D eigenvalue weighted by Crippen LogP contribution is 2.44. The highest BCUT2D eigenvalue weighted by Gasteiger charge is 2.46. The highest BCUT2D eigenvalue weighted by molar-refractivity contribution is 7.14. The summed E-state index contributed by atoms with van der Waals surface area (Å²) in [6.45, 7) is 7.79. The topological polar surface area (TPSA) is 110 Å². The van der Waals surface area contributed by atoms with Crippen molar-refractivity contribution in [3.05, 3.63) is 64.0 Å². The molecule has 2 bridgehead atoms. The fourth-order valence-corrected chi connectivity index (χ4v) is 8.21. The zero-order valence-electron chi connectivity index (χ0n) is 25.7. The van der Waals surface area contributed by atoms with E-state index in [1.54, 1.807) is 11.3 Å². The smallest absolute Gasteiger partial charge is 0.307 e. The van der Waals surface area contributed by atoms with Gasteiger partial charge >= 0.3 is 5.97 Å². The molecule has 2 saturated heterocycles. The Morgan fingerprint density at radius 2 is 1.80 bits per heavy atom. The van der Waals surface area contributed by atoms with Crippen LogP contribution >= 0.6 is 11.3 Å². The predicted octanol–water partition coefficient (Wildman–Crippen LogP) is 5.17. The molecule has 0 spiro atoms. The van der Waals surface area contributed by atoms with Gasteiger partial charge in [0.05, 0.1) is 23.2 Å². The number of fused-ring (bicyclic) bond motifs is 2. The summed E-state index contributed by atoms with van der Waals surface area (Å²) < 4.78 is 6.35. The number of rotatable bonds is 9. The lowest BCUT2D eigenvalue weighted by Crippen LogP contribution is -2.48. The normalized spacial score (nSPS) is 23.2. The molecule has 45 heavy (non-hydrogen) atoms. The zero-order valence-corrected chi connectivity index (χ0v) is 26.5. The van der Waals surface area contributed by atoms with Gasteiger partial charge in [-0.1, -0.05) is 23.8 Å². The van der Waals surface area contributed by atoms with Crippen LogP contribution in [0.4, 0.5) is 5.13 Å². The number of ether oxygens (including phenoxy) is 1. The third-order valence-corrected chi connectivity index (χ3v) is 10.9. The second-order valence-corrected chi connectivity index (χ2v) is 14.0. The first-order valence-electron chi connectivity index (χ1n) is 16.1. The Hall–Kier alpha value is -3.94. The number of hydrogen-bond donors (Lipinski definition) is 1. The van der Waals surface area contributed by atoms with E-state index in [4.69, 9.17) is 9.72 Å². The fraction of sp³-hybridized carbons (Fsp3) is 0.486. The molecule has 4 aliphatic rings. The predicted molar refractivity (Wildman–Crippen MR) is 172 cm³/mol. The lowest BCUT2D eigenvalue weighted by atomic mass is 9.85. The van der Waals surface area contributed by atoms with Crippen molar-refractivity contribution in [3.63, 3.8) is 0 Å². The van der Waals surface area contributed by atoms with Gasteiger partial charge in [0.25, 0.3) is 0 Å². The maximum atomic E-state index is 12.4. The van der Waals surface area contributed by atoms with Crippen LogP contribution in [0.1, 0.15) is 47.9 Å². The molecule has 2 aliphatic heterocycles. The van der Waals surface area contributed by atoms with Gasteiger partial charge in [-0.05, 0) is 68.2 Å². The number of nitrogens with zero attached hydrogens (tertiary/aromatic N) is 5. The zero-order chi connectivity index (χ0) is 31.1. The summed E-state index contributed by atoms with van der Waals surface area (Å²) in [7, 11) is 0. The first kappa shape index (κ1) is 29.8. The standard InChI is InChI=1S/C35H39N5O4S/c1-22-2-9-31(29(14-22)30-21-45-35(37-30)40-18-25-7-8-26(19-40)32(25)34(42)43)44-20-27-4-3-23(15-28(27)16-36)17-38-10-12-39(13-11-38)33(41)24-5-6-24/h2-4,9,14-15,21,24-26,32H,5-8,10-13,17-20H2,1H3,(H,42,43)/t25-,26+,32?. The number of benzene rings is 2. The number of aryl methyl sites for hydroxylation is 1. The van der Waals surface area contributed by atoms with Gasteiger partial charge in [-0.2, -0.15) is 5.26 Å². The van der Waals surface area contributed by atoms with Crippen LogP contribution in [0.15, 0.2) is 41.8 Å². The molecule has 3 atom stereocenters. The number of piperidine rings is 1. The average molecular weight is 626 g/mol. The molecule has 2 aliphatic carbocycles. The number of amides is 1. The van der Waals surface area contributed by atoms with Gasteiger partial charge in [0.15, 0.2) is 5.13 Å². The van der Waals surface area contributed by atoms with Gasteiger partial charge in [-0.25, -0.2) is 4.98 Å². The Bertz CT molecular complexity index is 1620. The van der Waals surface area contributed by atoms with Gasteiger partial charge in [0.1, 0.15) is 12.4 Å². The van der Waals surface area contributed by atoms with Crippen molar-refractivity contribution in [1.29, 1.82) is 5.26 Å². The minimum absolute atomic E-state index is 0.181. The Balaban J connectivity index is 1.00. The van der Waals surface area contributed by atoms with Crippen LogP contribution in [0.25, 0.3) is 11.3 Å². The lowest BCUT2D eigenvalue weighted by molar-refractivity contribution is -0.144. The third-order valence-electron chi connectivity index (χ3n) is 9.99. The third kappa shape index (κ3) is 6.29. The Labute approximate surface area is 268 Å². The molecule has 234 valence electrons. The Morgan fingerprint density at radius 3 is 2.49 bits per heavy atom. The number of nitriles is 1. The summed E-state index contributed by atoms with van der Waals surface area (Å²) in [4.78, 5) is 35.8. The quantitative estimate of drug-likeness (QED) is 0.347. The van der Waals surface area contributed by atoms with Crippen LogP contribution in [0.3, 0.4) is 0 Å². The van der Waals surface area contributed by atoms with E-state index in [0.29, 0.717) is 17.2 Å². The first-order chi connectivity index (χ1) is 21.9. The minimum atomic E-state index is -0.658. The number of carbonyl (C=O) groups excluding carboxylic acids is 1. The van der Waals surface area contributed by atoms with Crippen molar-refractivity contribution in [2.24, 2.45) is 23.7 Å². The van der Waals surface area contributed by atoms with Crippen molar-refractivity contribution >= 4 is 28.3 Å². The van der Waals surface area contributed by atoms with Crippen LogP contribution in [0, 0.1) is 41.9 Å². The molecule has 10 heteroatoms. The molecule has 2 saturated carbocycles. The van der Waals surface area contributed by atoms with Gasteiger partial charge in [0.2, 0.25) is 5.91 Å². The number of piperazine rings is 1. The number of hydrogen-bond acceptors (Lipinski definition) is 8. The average Bonchev–Trinajstić information content (AvgIpc) is 3.71. The molecule has 1 unspecified atom stereocenters.